The zero-order chi connectivity index (χ0) is 34.6. The molecule has 1 aliphatic heterocycles. The SMILES string of the molecule is COc1cc2c(Oc3ccc(NC(=O)c4nc5ccccc5n(-c5ccccc5Cl)c4=O)cc3F)ccnc2cc1OCCCN1CCCC1. The van der Waals surface area contributed by atoms with Gasteiger partial charge in [-0.15, -0.1) is 0 Å². The minimum absolute atomic E-state index is 0.0818. The van der Waals surface area contributed by atoms with Crippen LogP contribution in [0.4, 0.5) is 10.1 Å². The molecule has 4 aromatic carbocycles. The summed E-state index contributed by atoms with van der Waals surface area (Å²) in [6, 6.07) is 22.9. The van der Waals surface area contributed by atoms with Gasteiger partial charge in [0, 0.05) is 35.9 Å². The number of carbonyl (C=O) groups excluding carboxylic acids is 1. The van der Waals surface area contributed by atoms with E-state index in [2.05, 4.69) is 20.2 Å². The number of likely N-dealkylation sites (tertiary alicyclic amines) is 1. The van der Waals surface area contributed by atoms with Crippen LogP contribution in [-0.2, 0) is 0 Å². The second kappa shape index (κ2) is 14.5. The Kier molecular flexibility index (Phi) is 9.59. The molecule has 7 rings (SSSR count). The molecule has 12 heteroatoms. The Bertz CT molecular complexity index is 2270. The summed E-state index contributed by atoms with van der Waals surface area (Å²) in [6.07, 6.45) is 4.96. The molecular weight excluding hydrogens is 661 g/mol. The van der Waals surface area contributed by atoms with Crippen LogP contribution >= 0.6 is 11.6 Å². The van der Waals surface area contributed by atoms with Crippen LogP contribution in [-0.4, -0.2) is 58.7 Å². The maximum Gasteiger partial charge on any atom is 0.287 e. The smallest absolute Gasteiger partial charge is 0.287 e. The number of anilines is 1. The predicted octanol–water partition coefficient (Wildman–Crippen LogP) is 7.64. The number of rotatable bonds is 11. The molecule has 0 spiro atoms. The van der Waals surface area contributed by atoms with E-state index in [4.69, 9.17) is 25.8 Å². The van der Waals surface area contributed by atoms with Gasteiger partial charge in [-0.1, -0.05) is 35.9 Å². The van der Waals surface area contributed by atoms with Crippen molar-refractivity contribution in [1.29, 1.82) is 0 Å². The number of pyridine rings is 1. The third-order valence-electron chi connectivity index (χ3n) is 8.54. The number of hydrogen-bond donors (Lipinski definition) is 1. The molecule has 254 valence electrons. The first-order valence-electron chi connectivity index (χ1n) is 16.3. The summed E-state index contributed by atoms with van der Waals surface area (Å²) >= 11 is 6.43. The van der Waals surface area contributed by atoms with Crippen molar-refractivity contribution in [1.82, 2.24) is 19.4 Å². The van der Waals surface area contributed by atoms with E-state index in [1.807, 2.05) is 0 Å². The lowest BCUT2D eigenvalue weighted by Gasteiger charge is -2.16. The van der Waals surface area contributed by atoms with Gasteiger partial charge in [-0.2, -0.15) is 0 Å². The molecule has 0 saturated carbocycles. The van der Waals surface area contributed by atoms with E-state index in [0.29, 0.717) is 56.5 Å². The van der Waals surface area contributed by atoms with Gasteiger partial charge in [0.1, 0.15) is 5.75 Å². The Balaban J connectivity index is 1.10. The monoisotopic (exact) mass is 693 g/mol. The van der Waals surface area contributed by atoms with Gasteiger partial charge in [0.2, 0.25) is 0 Å². The van der Waals surface area contributed by atoms with Gasteiger partial charge < -0.3 is 24.4 Å². The zero-order valence-electron chi connectivity index (χ0n) is 27.2. The largest absolute Gasteiger partial charge is 0.493 e. The number of ether oxygens (including phenoxy) is 3. The van der Waals surface area contributed by atoms with Crippen LogP contribution in [0.3, 0.4) is 0 Å². The predicted molar refractivity (Wildman–Crippen MR) is 191 cm³/mol. The normalized spacial score (nSPS) is 13.1. The number of methoxy groups -OCH3 is 1. The van der Waals surface area contributed by atoms with Crippen LogP contribution in [0.25, 0.3) is 27.6 Å². The van der Waals surface area contributed by atoms with E-state index in [9.17, 15) is 9.59 Å². The molecule has 1 aliphatic rings. The minimum Gasteiger partial charge on any atom is -0.493 e. The first kappa shape index (κ1) is 33.0. The molecule has 1 fully saturated rings. The Morgan fingerprint density at radius 2 is 1.72 bits per heavy atom. The van der Waals surface area contributed by atoms with E-state index in [1.54, 1.807) is 80.0 Å². The van der Waals surface area contributed by atoms with Crippen LogP contribution in [0.5, 0.6) is 23.0 Å². The molecule has 1 N–H and O–H groups in total. The van der Waals surface area contributed by atoms with Crippen molar-refractivity contribution in [3.05, 3.63) is 118 Å². The number of halogens is 2. The van der Waals surface area contributed by atoms with E-state index in [-0.39, 0.29) is 17.1 Å². The van der Waals surface area contributed by atoms with Crippen LogP contribution in [0.15, 0.2) is 95.9 Å². The third kappa shape index (κ3) is 6.83. The van der Waals surface area contributed by atoms with Crippen molar-refractivity contribution in [3.8, 4) is 28.7 Å². The molecule has 0 radical (unpaired) electrons. The number of para-hydroxylation sites is 3. The average molecular weight is 694 g/mol. The fourth-order valence-electron chi connectivity index (χ4n) is 6.09. The molecule has 0 aliphatic carbocycles. The highest BCUT2D eigenvalue weighted by Crippen LogP contribution is 2.38. The lowest BCUT2D eigenvalue weighted by Crippen LogP contribution is -2.30. The molecule has 6 aromatic rings. The van der Waals surface area contributed by atoms with Crippen LogP contribution in [0, 0.1) is 5.82 Å². The molecule has 0 unspecified atom stereocenters. The molecule has 50 heavy (non-hydrogen) atoms. The van der Waals surface area contributed by atoms with Crippen molar-refractivity contribution in [3.63, 3.8) is 0 Å². The first-order chi connectivity index (χ1) is 24.4. The van der Waals surface area contributed by atoms with E-state index < -0.39 is 17.3 Å². The summed E-state index contributed by atoms with van der Waals surface area (Å²) in [4.78, 5) is 38.3. The number of benzene rings is 4. The summed E-state index contributed by atoms with van der Waals surface area (Å²) in [7, 11) is 1.56. The molecule has 10 nitrogen and oxygen atoms in total. The summed E-state index contributed by atoms with van der Waals surface area (Å²) in [5.74, 6) is -0.206. The highest BCUT2D eigenvalue weighted by molar-refractivity contribution is 6.32. The third-order valence-corrected chi connectivity index (χ3v) is 8.86. The van der Waals surface area contributed by atoms with Crippen molar-refractivity contribution < 1.29 is 23.4 Å². The second-order valence-electron chi connectivity index (χ2n) is 11.8. The van der Waals surface area contributed by atoms with E-state index in [1.165, 1.54) is 29.5 Å². The van der Waals surface area contributed by atoms with Crippen LogP contribution < -0.4 is 25.1 Å². The Morgan fingerprint density at radius 1 is 0.920 bits per heavy atom. The van der Waals surface area contributed by atoms with E-state index in [0.717, 1.165) is 32.1 Å². The summed E-state index contributed by atoms with van der Waals surface area (Å²) < 4.78 is 34.5. The highest BCUT2D eigenvalue weighted by Gasteiger charge is 2.21. The van der Waals surface area contributed by atoms with Crippen molar-refractivity contribution in [2.75, 3.05) is 38.7 Å². The number of nitrogens with zero attached hydrogens (tertiary/aromatic N) is 4. The molecule has 0 atom stereocenters. The van der Waals surface area contributed by atoms with Crippen LogP contribution in [0.2, 0.25) is 5.02 Å². The quantitative estimate of drug-likeness (QED) is 0.138. The minimum atomic E-state index is -0.809. The molecule has 0 bridgehead atoms. The number of hydrogen-bond acceptors (Lipinski definition) is 8. The molecule has 2 aromatic heterocycles. The lowest BCUT2D eigenvalue weighted by molar-refractivity contribution is 0.102. The number of aromatic nitrogens is 3. The first-order valence-corrected chi connectivity index (χ1v) is 16.6. The summed E-state index contributed by atoms with van der Waals surface area (Å²) in [5, 5.41) is 3.52. The fourth-order valence-corrected chi connectivity index (χ4v) is 6.31. The van der Waals surface area contributed by atoms with Gasteiger partial charge in [0.05, 0.1) is 41.0 Å². The number of carbonyl (C=O) groups is 1. The maximum atomic E-state index is 15.5. The van der Waals surface area contributed by atoms with Gasteiger partial charge in [-0.25, -0.2) is 9.37 Å². The lowest BCUT2D eigenvalue weighted by atomic mass is 10.1. The summed E-state index contributed by atoms with van der Waals surface area (Å²) in [6.45, 7) is 3.81. The fraction of sp³-hybridized carbons (Fsp3) is 0.211. The Hall–Kier alpha value is -5.52. The van der Waals surface area contributed by atoms with Crippen LogP contribution in [0.1, 0.15) is 29.8 Å². The molecular formula is C38H33ClFN5O5. The Labute approximate surface area is 292 Å². The number of fused-ring (bicyclic) bond motifs is 2. The Morgan fingerprint density at radius 3 is 2.52 bits per heavy atom. The van der Waals surface area contributed by atoms with Gasteiger partial charge in [-0.05, 0) is 80.9 Å². The number of nitrogens with one attached hydrogen (secondary N) is 1. The maximum absolute atomic E-state index is 15.5. The second-order valence-corrected chi connectivity index (χ2v) is 12.2. The number of amides is 1. The van der Waals surface area contributed by atoms with Gasteiger partial charge in [-0.3, -0.25) is 19.1 Å². The van der Waals surface area contributed by atoms with Gasteiger partial charge in [0.15, 0.2) is 28.8 Å². The van der Waals surface area contributed by atoms with Crippen molar-refractivity contribution in [2.45, 2.75) is 19.3 Å². The zero-order valence-corrected chi connectivity index (χ0v) is 28.0. The molecule has 1 amide bonds. The van der Waals surface area contributed by atoms with Crippen molar-refractivity contribution >= 4 is 45.1 Å². The standard InChI is InChI=1S/C38H33ClFN5O5/c1-48-34-22-25-29(23-35(34)49-20-8-19-44-17-6-7-18-44)41-16-15-32(25)50-33-14-13-24(21-27(33)40)42-37(46)36-38(47)45(30-11-4-2-9-26(30)39)31-12-5-3-10-28(31)43-36/h2-5,9-16,21-23H,6-8,17-20H2,1H3,(H,42,46). The van der Waals surface area contributed by atoms with Crippen molar-refractivity contribution in [2.24, 2.45) is 0 Å². The van der Waals surface area contributed by atoms with Gasteiger partial charge >= 0.3 is 0 Å². The summed E-state index contributed by atoms with van der Waals surface area (Å²) in [5.41, 5.74) is 0.926. The van der Waals surface area contributed by atoms with E-state index >= 15 is 4.39 Å². The molecule has 1 saturated heterocycles. The van der Waals surface area contributed by atoms with Gasteiger partial charge in [0.25, 0.3) is 11.5 Å². The molecule has 3 heterocycles. The topological polar surface area (TPSA) is 108 Å². The average Bonchev–Trinajstić information content (AvgIpc) is 3.65. The highest BCUT2D eigenvalue weighted by atomic mass is 35.5.